The summed E-state index contributed by atoms with van der Waals surface area (Å²) in [6.07, 6.45) is 21.6. The maximum Gasteiger partial charge on any atom is 0.0546 e. The van der Waals surface area contributed by atoms with Crippen molar-refractivity contribution in [3.63, 3.8) is 0 Å². The van der Waals surface area contributed by atoms with Gasteiger partial charge in [0.05, 0.1) is 6.10 Å². The summed E-state index contributed by atoms with van der Waals surface area (Å²) < 4.78 is 0. The molecule has 1 N–H and O–H groups in total. The van der Waals surface area contributed by atoms with Gasteiger partial charge < -0.3 is 5.11 Å². The fraction of sp³-hybridized carbons (Fsp3) is 0.867. The molecule has 0 spiro atoms. The summed E-state index contributed by atoms with van der Waals surface area (Å²) >= 11 is 0. The van der Waals surface area contributed by atoms with Crippen LogP contribution in [0.15, 0.2) is 24.3 Å². The summed E-state index contributed by atoms with van der Waals surface area (Å²) in [5.74, 6) is 6.23. The first-order valence-electron chi connectivity index (χ1n) is 13.7. The van der Waals surface area contributed by atoms with Crippen molar-refractivity contribution < 1.29 is 5.11 Å². The standard InChI is InChI=1S/C30H50O/c1-7-22(20(2)3)12-11-21(4)26-13-14-27-25-10-8-9-23-19-24(31)15-17-29(23,5)28(25)16-18-30(26,27)6/h8-9,11-12,20-28,31H,7,10,13-19H2,1-6H3/b12-11+/t21-,22-,23?,24+,25+,26-,27+,28+,29+,30?/m1/s1. The Hall–Kier alpha value is -0.560. The molecule has 0 aromatic carbocycles. The van der Waals surface area contributed by atoms with Gasteiger partial charge in [0.25, 0.3) is 0 Å². The zero-order valence-corrected chi connectivity index (χ0v) is 21.3. The summed E-state index contributed by atoms with van der Waals surface area (Å²) in [4.78, 5) is 0. The third-order valence-corrected chi connectivity index (χ3v) is 11.1. The van der Waals surface area contributed by atoms with E-state index in [0.717, 1.165) is 48.3 Å². The normalized spacial score (nSPS) is 47.0. The maximum absolute atomic E-state index is 10.3. The van der Waals surface area contributed by atoms with E-state index in [1.165, 1.54) is 44.9 Å². The minimum absolute atomic E-state index is 0.0746. The smallest absolute Gasteiger partial charge is 0.0546 e. The van der Waals surface area contributed by atoms with E-state index in [9.17, 15) is 5.11 Å². The van der Waals surface area contributed by atoms with E-state index in [-0.39, 0.29) is 6.10 Å². The van der Waals surface area contributed by atoms with Crippen LogP contribution in [0.3, 0.4) is 0 Å². The van der Waals surface area contributed by atoms with Crippen molar-refractivity contribution >= 4 is 0 Å². The molecule has 0 saturated heterocycles. The molecule has 0 amide bonds. The second-order valence-corrected chi connectivity index (χ2v) is 12.9. The first-order chi connectivity index (χ1) is 14.7. The SMILES string of the molecule is CC[C@H](/C=C/[C@@H](C)[C@H]1CC[C@H]2[C@@H]3CC=CC4C[C@@H](O)CC[C@]4(C)[C@H]3CCC12C)C(C)C. The van der Waals surface area contributed by atoms with E-state index >= 15 is 0 Å². The summed E-state index contributed by atoms with van der Waals surface area (Å²) in [5.41, 5.74) is 0.927. The van der Waals surface area contributed by atoms with Gasteiger partial charge >= 0.3 is 0 Å². The number of hydrogen-bond acceptors (Lipinski definition) is 1. The lowest BCUT2D eigenvalue weighted by atomic mass is 9.48. The third-order valence-electron chi connectivity index (χ3n) is 11.1. The highest BCUT2D eigenvalue weighted by molar-refractivity contribution is 5.14. The van der Waals surface area contributed by atoms with Gasteiger partial charge in [-0.25, -0.2) is 0 Å². The molecule has 0 heterocycles. The fourth-order valence-electron chi connectivity index (χ4n) is 9.12. The summed E-state index contributed by atoms with van der Waals surface area (Å²) in [6.45, 7) is 14.9. The molecule has 1 nitrogen and oxygen atoms in total. The fourth-order valence-corrected chi connectivity index (χ4v) is 9.12. The van der Waals surface area contributed by atoms with Crippen LogP contribution >= 0.6 is 0 Å². The molecule has 0 aromatic rings. The van der Waals surface area contributed by atoms with Crippen LogP contribution in [0.2, 0.25) is 0 Å². The van der Waals surface area contributed by atoms with Crippen LogP contribution in [0.4, 0.5) is 0 Å². The zero-order valence-electron chi connectivity index (χ0n) is 21.3. The van der Waals surface area contributed by atoms with E-state index in [1.807, 2.05) is 0 Å². The summed E-state index contributed by atoms with van der Waals surface area (Å²) in [7, 11) is 0. The number of hydrogen-bond donors (Lipinski definition) is 1. The lowest BCUT2D eigenvalue weighted by Crippen LogP contribution is -2.50. The molecule has 0 bridgehead atoms. The lowest BCUT2D eigenvalue weighted by Gasteiger charge is -2.56. The van der Waals surface area contributed by atoms with Crippen LogP contribution in [0.25, 0.3) is 0 Å². The molecule has 31 heavy (non-hydrogen) atoms. The maximum atomic E-state index is 10.3. The van der Waals surface area contributed by atoms with Crippen molar-refractivity contribution in [2.75, 3.05) is 0 Å². The van der Waals surface area contributed by atoms with Gasteiger partial charge in [0, 0.05) is 0 Å². The third kappa shape index (κ3) is 4.11. The minimum atomic E-state index is -0.0746. The molecule has 0 aromatic heterocycles. The van der Waals surface area contributed by atoms with Crippen molar-refractivity contribution in [3.05, 3.63) is 24.3 Å². The van der Waals surface area contributed by atoms with Crippen molar-refractivity contribution in [2.45, 2.75) is 105 Å². The van der Waals surface area contributed by atoms with Gasteiger partial charge in [-0.2, -0.15) is 0 Å². The summed E-state index contributed by atoms with van der Waals surface area (Å²) in [6, 6.07) is 0. The van der Waals surface area contributed by atoms with E-state index in [2.05, 4.69) is 65.8 Å². The Morgan fingerprint density at radius 2 is 1.68 bits per heavy atom. The van der Waals surface area contributed by atoms with Gasteiger partial charge in [0.2, 0.25) is 0 Å². The van der Waals surface area contributed by atoms with Crippen molar-refractivity contribution in [2.24, 2.45) is 58.2 Å². The Kier molecular flexibility index (Phi) is 6.85. The quantitative estimate of drug-likeness (QED) is 0.441. The molecule has 4 rings (SSSR count). The van der Waals surface area contributed by atoms with Crippen molar-refractivity contribution in [1.29, 1.82) is 0 Å². The Morgan fingerprint density at radius 1 is 0.968 bits per heavy atom. The van der Waals surface area contributed by atoms with E-state index in [0.29, 0.717) is 22.7 Å². The van der Waals surface area contributed by atoms with Crippen molar-refractivity contribution in [1.82, 2.24) is 0 Å². The van der Waals surface area contributed by atoms with E-state index in [4.69, 9.17) is 0 Å². The molecule has 1 heteroatoms. The molecule has 3 fully saturated rings. The highest BCUT2D eigenvalue weighted by Crippen LogP contribution is 2.66. The molecule has 0 radical (unpaired) electrons. The zero-order chi connectivity index (χ0) is 22.4. The molecule has 0 aliphatic heterocycles. The molecule has 3 saturated carbocycles. The topological polar surface area (TPSA) is 20.2 Å². The predicted octanol–water partition coefficient (Wildman–Crippen LogP) is 8.05. The average molecular weight is 427 g/mol. The molecule has 4 aliphatic rings. The molecule has 2 unspecified atom stereocenters. The van der Waals surface area contributed by atoms with Gasteiger partial charge in [0.15, 0.2) is 0 Å². The Bertz CT molecular complexity index is 676. The van der Waals surface area contributed by atoms with E-state index in [1.54, 1.807) is 0 Å². The highest BCUT2D eigenvalue weighted by atomic mass is 16.3. The largest absolute Gasteiger partial charge is 0.393 e. The van der Waals surface area contributed by atoms with Gasteiger partial charge in [-0.1, -0.05) is 65.8 Å². The van der Waals surface area contributed by atoms with Crippen LogP contribution in [-0.2, 0) is 0 Å². The first kappa shape index (κ1) is 23.6. The van der Waals surface area contributed by atoms with E-state index < -0.39 is 0 Å². The number of allylic oxidation sites excluding steroid dienone is 4. The van der Waals surface area contributed by atoms with Gasteiger partial charge in [-0.05, 0) is 116 Å². The molecule has 10 atom stereocenters. The molecule has 4 aliphatic carbocycles. The molecule has 176 valence electrons. The Labute approximate surface area is 193 Å². The van der Waals surface area contributed by atoms with Crippen LogP contribution < -0.4 is 0 Å². The number of aliphatic hydroxyl groups excluding tert-OH is 1. The average Bonchev–Trinajstić information content (AvgIpc) is 3.00. The first-order valence-corrected chi connectivity index (χ1v) is 13.7. The van der Waals surface area contributed by atoms with Crippen LogP contribution in [0.1, 0.15) is 99.3 Å². The van der Waals surface area contributed by atoms with Crippen molar-refractivity contribution in [3.8, 4) is 0 Å². The van der Waals surface area contributed by atoms with Crippen LogP contribution in [0, 0.1) is 58.2 Å². The summed E-state index contributed by atoms with van der Waals surface area (Å²) in [5, 5.41) is 10.3. The Balaban J connectivity index is 1.53. The highest BCUT2D eigenvalue weighted by Gasteiger charge is 2.58. The van der Waals surface area contributed by atoms with Gasteiger partial charge in [-0.15, -0.1) is 0 Å². The Morgan fingerprint density at radius 3 is 2.39 bits per heavy atom. The van der Waals surface area contributed by atoms with Gasteiger partial charge in [-0.3, -0.25) is 0 Å². The predicted molar refractivity (Wildman–Crippen MR) is 133 cm³/mol. The molecular formula is C30H50O. The second-order valence-electron chi connectivity index (χ2n) is 12.9. The lowest BCUT2D eigenvalue weighted by molar-refractivity contribution is -0.0803. The second kappa shape index (κ2) is 9.00. The van der Waals surface area contributed by atoms with Crippen LogP contribution in [-0.4, -0.2) is 11.2 Å². The number of aliphatic hydroxyl groups is 1. The monoisotopic (exact) mass is 426 g/mol. The molecular weight excluding hydrogens is 376 g/mol. The number of fused-ring (bicyclic) bond motifs is 5. The number of rotatable bonds is 5. The van der Waals surface area contributed by atoms with Crippen LogP contribution in [0.5, 0.6) is 0 Å². The minimum Gasteiger partial charge on any atom is -0.393 e. The van der Waals surface area contributed by atoms with Gasteiger partial charge in [0.1, 0.15) is 0 Å².